The molecule has 0 aromatic carbocycles. The molecule has 2 aliphatic rings. The maximum atomic E-state index is 12.2. The van der Waals surface area contributed by atoms with Crippen LogP contribution in [0.3, 0.4) is 0 Å². The number of ether oxygens (including phenoxy) is 2. The normalized spacial score (nSPS) is 21.0. The number of hydrogen-bond acceptors (Lipinski definition) is 5. The second kappa shape index (κ2) is 8.16. The van der Waals surface area contributed by atoms with Crippen molar-refractivity contribution in [1.29, 1.82) is 0 Å². The van der Waals surface area contributed by atoms with Gasteiger partial charge in [0, 0.05) is 39.3 Å². The Morgan fingerprint density at radius 1 is 0.958 bits per heavy atom. The second-order valence-electron chi connectivity index (χ2n) is 7.66. The van der Waals surface area contributed by atoms with Gasteiger partial charge in [-0.3, -0.25) is 4.79 Å². The molecule has 138 valence electrons. The largest absolute Gasteiger partial charge is 0.444 e. The lowest BCUT2D eigenvalue weighted by Crippen LogP contribution is -2.49. The Morgan fingerprint density at radius 2 is 1.54 bits per heavy atom. The molecule has 2 rings (SSSR count). The van der Waals surface area contributed by atoms with Gasteiger partial charge in [0.05, 0.1) is 6.10 Å². The molecule has 0 atom stereocenters. The summed E-state index contributed by atoms with van der Waals surface area (Å²) in [5, 5.41) is 0. The Bertz CT molecular complexity index is 434. The number of piperazine rings is 1. The van der Waals surface area contributed by atoms with Crippen molar-refractivity contribution in [2.24, 2.45) is 0 Å². The molecule has 7 heteroatoms. The summed E-state index contributed by atoms with van der Waals surface area (Å²) in [6, 6.07) is 0. The van der Waals surface area contributed by atoms with Gasteiger partial charge in [-0.25, -0.2) is 4.79 Å². The number of carbonyl (C=O) groups excluding carboxylic acids is 2. The van der Waals surface area contributed by atoms with Gasteiger partial charge in [-0.05, 0) is 40.7 Å². The van der Waals surface area contributed by atoms with Gasteiger partial charge in [-0.1, -0.05) is 0 Å². The zero-order valence-corrected chi connectivity index (χ0v) is 15.4. The fourth-order valence-electron chi connectivity index (χ4n) is 2.87. The number of piperidine rings is 1. The highest BCUT2D eigenvalue weighted by atomic mass is 16.6. The maximum absolute atomic E-state index is 12.2. The summed E-state index contributed by atoms with van der Waals surface area (Å²) in [4.78, 5) is 30.0. The Balaban J connectivity index is 1.66. The van der Waals surface area contributed by atoms with E-state index in [0.717, 1.165) is 39.0 Å². The summed E-state index contributed by atoms with van der Waals surface area (Å²) < 4.78 is 11.2. The monoisotopic (exact) mass is 341 g/mol. The summed E-state index contributed by atoms with van der Waals surface area (Å²) in [5.74, 6) is 0.0673. The summed E-state index contributed by atoms with van der Waals surface area (Å²) in [6.07, 6.45) is 1.26. The first-order valence-corrected chi connectivity index (χ1v) is 8.80. The molecule has 2 heterocycles. The van der Waals surface area contributed by atoms with Crippen LogP contribution in [0.4, 0.5) is 4.79 Å². The third-order valence-electron chi connectivity index (χ3n) is 4.39. The summed E-state index contributed by atoms with van der Waals surface area (Å²) in [7, 11) is 2.07. The average molecular weight is 341 g/mol. The van der Waals surface area contributed by atoms with E-state index in [1.54, 1.807) is 4.90 Å². The van der Waals surface area contributed by atoms with Crippen LogP contribution in [0.5, 0.6) is 0 Å². The number of hydrogen-bond donors (Lipinski definition) is 0. The number of likely N-dealkylation sites (N-methyl/N-ethyl adjacent to an activating group) is 1. The molecular weight excluding hydrogens is 310 g/mol. The molecule has 24 heavy (non-hydrogen) atoms. The molecule has 2 fully saturated rings. The SMILES string of the molecule is CN1CCN(C(=O)COC2CCN(C(=O)OC(C)(C)C)CC2)CC1. The van der Waals surface area contributed by atoms with Gasteiger partial charge < -0.3 is 24.2 Å². The molecular formula is C17H31N3O4. The van der Waals surface area contributed by atoms with E-state index in [-0.39, 0.29) is 24.7 Å². The van der Waals surface area contributed by atoms with Crippen molar-refractivity contribution in [3.63, 3.8) is 0 Å². The molecule has 2 aliphatic heterocycles. The van der Waals surface area contributed by atoms with Crippen molar-refractivity contribution in [3.05, 3.63) is 0 Å². The number of nitrogens with zero attached hydrogens (tertiary/aromatic N) is 3. The van der Waals surface area contributed by atoms with E-state index in [1.807, 2.05) is 25.7 Å². The number of likely N-dealkylation sites (tertiary alicyclic amines) is 1. The Hall–Kier alpha value is -1.34. The molecule has 0 aliphatic carbocycles. The average Bonchev–Trinajstić information content (AvgIpc) is 2.52. The van der Waals surface area contributed by atoms with E-state index >= 15 is 0 Å². The van der Waals surface area contributed by atoms with E-state index in [0.29, 0.717) is 13.1 Å². The van der Waals surface area contributed by atoms with Gasteiger partial charge in [-0.15, -0.1) is 0 Å². The molecule has 0 radical (unpaired) electrons. The number of amides is 2. The predicted molar refractivity (Wildman–Crippen MR) is 90.9 cm³/mol. The Kier molecular flexibility index (Phi) is 6.46. The third kappa shape index (κ3) is 5.94. The smallest absolute Gasteiger partial charge is 0.410 e. The highest BCUT2D eigenvalue weighted by Gasteiger charge is 2.28. The lowest BCUT2D eigenvalue weighted by atomic mass is 10.1. The van der Waals surface area contributed by atoms with Crippen LogP contribution in [0.25, 0.3) is 0 Å². The minimum atomic E-state index is -0.473. The number of rotatable bonds is 3. The first-order chi connectivity index (χ1) is 11.2. The van der Waals surface area contributed by atoms with E-state index in [4.69, 9.17) is 9.47 Å². The van der Waals surface area contributed by atoms with Gasteiger partial charge in [0.1, 0.15) is 12.2 Å². The molecule has 0 spiro atoms. The highest BCUT2D eigenvalue weighted by molar-refractivity contribution is 5.77. The van der Waals surface area contributed by atoms with Gasteiger partial charge in [0.2, 0.25) is 5.91 Å². The second-order valence-corrected chi connectivity index (χ2v) is 7.66. The lowest BCUT2D eigenvalue weighted by Gasteiger charge is -2.34. The van der Waals surface area contributed by atoms with E-state index in [2.05, 4.69) is 11.9 Å². The Labute approximate surface area is 144 Å². The lowest BCUT2D eigenvalue weighted by molar-refractivity contribution is -0.140. The molecule has 2 saturated heterocycles. The molecule has 0 aromatic rings. The topological polar surface area (TPSA) is 62.3 Å². The maximum Gasteiger partial charge on any atom is 0.410 e. The van der Waals surface area contributed by atoms with Gasteiger partial charge in [-0.2, -0.15) is 0 Å². The fourth-order valence-corrected chi connectivity index (χ4v) is 2.87. The van der Waals surface area contributed by atoms with Crippen LogP contribution >= 0.6 is 0 Å². The molecule has 0 aromatic heterocycles. The zero-order valence-electron chi connectivity index (χ0n) is 15.4. The standard InChI is InChI=1S/C17H31N3O4/c1-17(2,3)24-16(22)20-7-5-14(6-8-20)23-13-15(21)19-11-9-18(4)10-12-19/h14H,5-13H2,1-4H3. The van der Waals surface area contributed by atoms with Gasteiger partial charge >= 0.3 is 6.09 Å². The third-order valence-corrected chi connectivity index (χ3v) is 4.39. The first kappa shape index (κ1) is 19.0. The van der Waals surface area contributed by atoms with Crippen LogP contribution < -0.4 is 0 Å². The quantitative estimate of drug-likeness (QED) is 0.771. The molecule has 0 bridgehead atoms. The van der Waals surface area contributed by atoms with Crippen molar-refractivity contribution < 1.29 is 19.1 Å². The predicted octanol–water partition coefficient (Wildman–Crippen LogP) is 1.18. The van der Waals surface area contributed by atoms with Crippen molar-refractivity contribution in [1.82, 2.24) is 14.7 Å². The minimum absolute atomic E-state index is 0.0418. The Morgan fingerprint density at radius 3 is 2.08 bits per heavy atom. The zero-order chi connectivity index (χ0) is 17.7. The van der Waals surface area contributed by atoms with Crippen LogP contribution in [0.1, 0.15) is 33.6 Å². The molecule has 7 nitrogen and oxygen atoms in total. The van der Waals surface area contributed by atoms with E-state index in [1.165, 1.54) is 0 Å². The molecule has 2 amide bonds. The molecule has 0 saturated carbocycles. The van der Waals surface area contributed by atoms with Gasteiger partial charge in [0.25, 0.3) is 0 Å². The first-order valence-electron chi connectivity index (χ1n) is 8.80. The van der Waals surface area contributed by atoms with Crippen LogP contribution in [0.2, 0.25) is 0 Å². The summed E-state index contributed by atoms with van der Waals surface area (Å²) >= 11 is 0. The van der Waals surface area contributed by atoms with Crippen LogP contribution in [-0.4, -0.2) is 91.3 Å². The highest BCUT2D eigenvalue weighted by Crippen LogP contribution is 2.17. The molecule has 0 N–H and O–H groups in total. The fraction of sp³-hybridized carbons (Fsp3) is 0.882. The summed E-state index contributed by atoms with van der Waals surface area (Å²) in [5.41, 5.74) is -0.473. The van der Waals surface area contributed by atoms with Crippen molar-refractivity contribution in [3.8, 4) is 0 Å². The minimum Gasteiger partial charge on any atom is -0.444 e. The molecule has 0 unspecified atom stereocenters. The van der Waals surface area contributed by atoms with Crippen molar-refractivity contribution in [2.45, 2.75) is 45.3 Å². The number of carbonyl (C=O) groups is 2. The van der Waals surface area contributed by atoms with Crippen LogP contribution in [0.15, 0.2) is 0 Å². The van der Waals surface area contributed by atoms with E-state index in [9.17, 15) is 9.59 Å². The van der Waals surface area contributed by atoms with Crippen molar-refractivity contribution in [2.75, 3.05) is 52.9 Å². The van der Waals surface area contributed by atoms with Gasteiger partial charge in [0.15, 0.2) is 0 Å². The van der Waals surface area contributed by atoms with Crippen LogP contribution in [0, 0.1) is 0 Å². The van der Waals surface area contributed by atoms with Crippen LogP contribution in [-0.2, 0) is 14.3 Å². The van der Waals surface area contributed by atoms with Crippen molar-refractivity contribution >= 4 is 12.0 Å². The van der Waals surface area contributed by atoms with E-state index < -0.39 is 5.60 Å². The summed E-state index contributed by atoms with van der Waals surface area (Å²) in [6.45, 7) is 10.3.